The highest BCUT2D eigenvalue weighted by atomic mass is 16.4. The largest absolute Gasteiger partial charge is 0.480 e. The van der Waals surface area contributed by atoms with E-state index >= 15 is 0 Å². The van der Waals surface area contributed by atoms with Crippen molar-refractivity contribution in [3.05, 3.63) is 0 Å². The van der Waals surface area contributed by atoms with Crippen LogP contribution in [0.1, 0.15) is 39.0 Å². The molecule has 0 heterocycles. The number of hydrogen-bond donors (Lipinski definition) is 9. The van der Waals surface area contributed by atoms with Crippen LogP contribution in [0.15, 0.2) is 4.99 Å². The Kier molecular flexibility index (Phi) is 14.3. The molecule has 32 heavy (non-hydrogen) atoms. The summed E-state index contributed by atoms with van der Waals surface area (Å²) in [6.07, 6.45) is 2.06. The van der Waals surface area contributed by atoms with E-state index < -0.39 is 54.5 Å². The summed E-state index contributed by atoms with van der Waals surface area (Å²) in [7, 11) is 0. The van der Waals surface area contributed by atoms with Gasteiger partial charge < -0.3 is 49.1 Å². The summed E-state index contributed by atoms with van der Waals surface area (Å²) in [5.41, 5.74) is 21.8. The average Bonchev–Trinajstić information content (AvgIpc) is 2.73. The number of carbonyl (C=O) groups excluding carboxylic acids is 3. The van der Waals surface area contributed by atoms with Crippen molar-refractivity contribution in [3.63, 3.8) is 0 Å². The normalized spacial score (nSPS) is 14.4. The maximum atomic E-state index is 12.7. The number of rotatable bonds is 16. The second kappa shape index (κ2) is 15.8. The fourth-order valence-electron chi connectivity index (χ4n) is 2.53. The number of carboxylic acid groups (broad SMARTS) is 1. The van der Waals surface area contributed by atoms with Crippen molar-refractivity contribution in [2.24, 2.45) is 27.9 Å². The first-order chi connectivity index (χ1) is 15.0. The SMILES string of the molecule is CC(NC(=O)C(CO)NC(=O)C(CCCCN)NC(=O)C(N)CCCN=C(N)N)C(=O)O. The minimum Gasteiger partial charge on any atom is -0.480 e. The Bertz CT molecular complexity index is 655. The average molecular weight is 461 g/mol. The van der Waals surface area contributed by atoms with Gasteiger partial charge in [0, 0.05) is 6.54 Å². The summed E-state index contributed by atoms with van der Waals surface area (Å²) in [6, 6.07) is -4.56. The van der Waals surface area contributed by atoms with Crippen molar-refractivity contribution in [2.75, 3.05) is 19.7 Å². The number of nitrogens with one attached hydrogen (secondary N) is 3. The van der Waals surface area contributed by atoms with Gasteiger partial charge in [-0.25, -0.2) is 0 Å². The minimum absolute atomic E-state index is 0.0696. The molecule has 0 saturated carbocycles. The number of hydrogen-bond acceptors (Lipinski definition) is 8. The Labute approximate surface area is 186 Å². The highest BCUT2D eigenvalue weighted by molar-refractivity contribution is 5.94. The Morgan fingerprint density at radius 2 is 1.50 bits per heavy atom. The Morgan fingerprint density at radius 1 is 0.906 bits per heavy atom. The number of carbonyl (C=O) groups is 4. The van der Waals surface area contributed by atoms with Gasteiger partial charge in [-0.3, -0.25) is 24.2 Å². The lowest BCUT2D eigenvalue weighted by Crippen LogP contribution is -2.57. The first kappa shape index (κ1) is 29.0. The Hall–Kier alpha value is -2.97. The molecule has 0 bridgehead atoms. The molecule has 0 spiro atoms. The number of aliphatic hydroxyl groups is 1. The van der Waals surface area contributed by atoms with Gasteiger partial charge in [0.25, 0.3) is 0 Å². The van der Waals surface area contributed by atoms with Gasteiger partial charge in [-0.05, 0) is 45.6 Å². The van der Waals surface area contributed by atoms with Crippen molar-refractivity contribution < 1.29 is 29.4 Å². The standard InChI is InChI=1S/C18H36N8O6/c1-10(17(31)32)24-16(30)13(9-27)26-15(29)12(6-2-3-7-19)25-14(28)11(20)5-4-8-23-18(21)22/h10-13,27H,2-9,19-20H2,1H3,(H,24,30)(H,25,28)(H,26,29)(H,31,32)(H4,21,22,23). The number of nitrogens with zero attached hydrogens (tertiary/aromatic N) is 1. The van der Waals surface area contributed by atoms with Gasteiger partial charge >= 0.3 is 5.97 Å². The van der Waals surface area contributed by atoms with Crippen molar-refractivity contribution in [1.82, 2.24) is 16.0 Å². The molecule has 4 atom stereocenters. The van der Waals surface area contributed by atoms with E-state index in [0.29, 0.717) is 32.4 Å². The lowest BCUT2D eigenvalue weighted by atomic mass is 10.1. The molecule has 4 unspecified atom stereocenters. The molecule has 14 nitrogen and oxygen atoms in total. The molecule has 0 radical (unpaired) electrons. The van der Waals surface area contributed by atoms with Crippen LogP contribution in [0.25, 0.3) is 0 Å². The zero-order chi connectivity index (χ0) is 24.7. The molecule has 0 saturated heterocycles. The number of nitrogens with two attached hydrogens (primary N) is 4. The second-order valence-corrected chi connectivity index (χ2v) is 7.21. The first-order valence-electron chi connectivity index (χ1n) is 10.3. The van der Waals surface area contributed by atoms with Crippen LogP contribution in [0, 0.1) is 0 Å². The van der Waals surface area contributed by atoms with Crippen LogP contribution in [0.3, 0.4) is 0 Å². The van der Waals surface area contributed by atoms with E-state index in [-0.39, 0.29) is 18.8 Å². The monoisotopic (exact) mass is 460 g/mol. The van der Waals surface area contributed by atoms with Gasteiger partial charge in [0.15, 0.2) is 5.96 Å². The van der Waals surface area contributed by atoms with Crippen molar-refractivity contribution >= 4 is 29.7 Å². The third kappa shape index (κ3) is 12.0. The topological polar surface area (TPSA) is 261 Å². The zero-order valence-electron chi connectivity index (χ0n) is 18.3. The molecule has 13 N–H and O–H groups in total. The molecular weight excluding hydrogens is 424 g/mol. The van der Waals surface area contributed by atoms with Crippen molar-refractivity contribution in [2.45, 2.75) is 63.2 Å². The molecule has 0 aromatic heterocycles. The zero-order valence-corrected chi connectivity index (χ0v) is 18.3. The summed E-state index contributed by atoms with van der Waals surface area (Å²) >= 11 is 0. The summed E-state index contributed by atoms with van der Waals surface area (Å²) in [5, 5.41) is 25.3. The highest BCUT2D eigenvalue weighted by Gasteiger charge is 2.28. The highest BCUT2D eigenvalue weighted by Crippen LogP contribution is 2.04. The van der Waals surface area contributed by atoms with Crippen LogP contribution in [-0.2, 0) is 19.2 Å². The van der Waals surface area contributed by atoms with E-state index in [1.54, 1.807) is 0 Å². The van der Waals surface area contributed by atoms with Gasteiger partial charge in [0.1, 0.15) is 18.1 Å². The molecule has 0 aliphatic heterocycles. The number of aliphatic imine (C=N–C) groups is 1. The van der Waals surface area contributed by atoms with Crippen LogP contribution >= 0.6 is 0 Å². The van der Waals surface area contributed by atoms with Crippen LogP contribution in [0.4, 0.5) is 0 Å². The fourth-order valence-corrected chi connectivity index (χ4v) is 2.53. The number of aliphatic carboxylic acids is 1. The summed E-state index contributed by atoms with van der Waals surface area (Å²) in [4.78, 5) is 51.9. The minimum atomic E-state index is -1.40. The molecule has 14 heteroatoms. The maximum absolute atomic E-state index is 12.7. The van der Waals surface area contributed by atoms with Gasteiger partial charge in [0.2, 0.25) is 17.7 Å². The van der Waals surface area contributed by atoms with E-state index in [4.69, 9.17) is 28.0 Å². The van der Waals surface area contributed by atoms with Crippen LogP contribution in [0.2, 0.25) is 0 Å². The number of amides is 3. The van der Waals surface area contributed by atoms with E-state index in [9.17, 15) is 24.3 Å². The molecule has 0 aromatic rings. The number of guanidine groups is 1. The van der Waals surface area contributed by atoms with E-state index in [0.717, 1.165) is 0 Å². The van der Waals surface area contributed by atoms with Gasteiger partial charge in [-0.1, -0.05) is 0 Å². The molecule has 0 rings (SSSR count). The molecule has 0 aliphatic carbocycles. The summed E-state index contributed by atoms with van der Waals surface area (Å²) in [5.74, 6) is -3.52. The molecular formula is C18H36N8O6. The Balaban J connectivity index is 5.03. The van der Waals surface area contributed by atoms with Crippen molar-refractivity contribution in [3.8, 4) is 0 Å². The molecule has 0 aromatic carbocycles. The number of carboxylic acids is 1. The Morgan fingerprint density at radius 3 is 2.03 bits per heavy atom. The van der Waals surface area contributed by atoms with Gasteiger partial charge in [-0.2, -0.15) is 0 Å². The maximum Gasteiger partial charge on any atom is 0.325 e. The number of aliphatic hydroxyl groups excluding tert-OH is 1. The van der Waals surface area contributed by atoms with Crippen LogP contribution in [0.5, 0.6) is 0 Å². The fraction of sp³-hybridized carbons (Fsp3) is 0.722. The lowest BCUT2D eigenvalue weighted by Gasteiger charge is -2.24. The number of unbranched alkanes of at least 4 members (excludes halogenated alkanes) is 1. The third-order valence-electron chi connectivity index (χ3n) is 4.43. The summed E-state index contributed by atoms with van der Waals surface area (Å²) in [6.45, 7) is 1.16. The smallest absolute Gasteiger partial charge is 0.325 e. The molecule has 0 fully saturated rings. The molecule has 3 amide bonds. The van der Waals surface area contributed by atoms with Crippen LogP contribution < -0.4 is 38.9 Å². The quantitative estimate of drug-likeness (QED) is 0.0612. The predicted octanol–water partition coefficient (Wildman–Crippen LogP) is -3.95. The van der Waals surface area contributed by atoms with E-state index in [1.165, 1.54) is 6.92 Å². The van der Waals surface area contributed by atoms with Crippen LogP contribution in [-0.4, -0.2) is 83.7 Å². The van der Waals surface area contributed by atoms with E-state index in [2.05, 4.69) is 20.9 Å². The molecule has 0 aliphatic rings. The van der Waals surface area contributed by atoms with Crippen molar-refractivity contribution in [1.29, 1.82) is 0 Å². The lowest BCUT2D eigenvalue weighted by molar-refractivity contribution is -0.142. The first-order valence-corrected chi connectivity index (χ1v) is 10.3. The molecule has 184 valence electrons. The van der Waals surface area contributed by atoms with Gasteiger partial charge in [0.05, 0.1) is 12.6 Å². The predicted molar refractivity (Wildman–Crippen MR) is 117 cm³/mol. The summed E-state index contributed by atoms with van der Waals surface area (Å²) < 4.78 is 0. The second-order valence-electron chi connectivity index (χ2n) is 7.21. The van der Waals surface area contributed by atoms with E-state index in [1.807, 2.05) is 0 Å². The van der Waals surface area contributed by atoms with Gasteiger partial charge in [-0.15, -0.1) is 0 Å². The third-order valence-corrected chi connectivity index (χ3v) is 4.43.